The molecule has 2 aliphatic heterocycles. The van der Waals surface area contributed by atoms with E-state index in [1.807, 2.05) is 0 Å². The van der Waals surface area contributed by atoms with Crippen LogP contribution in [0.3, 0.4) is 0 Å². The Morgan fingerprint density at radius 1 is 1.04 bits per heavy atom. The van der Waals surface area contributed by atoms with Crippen LogP contribution in [0.15, 0.2) is 51.2 Å². The zero-order valence-corrected chi connectivity index (χ0v) is 15.0. The highest BCUT2D eigenvalue weighted by Gasteiger charge is 2.39. The molecule has 0 unspecified atom stereocenters. The van der Waals surface area contributed by atoms with Gasteiger partial charge in [0.2, 0.25) is 0 Å². The highest BCUT2D eigenvalue weighted by molar-refractivity contribution is 7.99. The van der Waals surface area contributed by atoms with E-state index in [-0.39, 0.29) is 11.3 Å². The number of nitro benzene ring substituents is 1. The van der Waals surface area contributed by atoms with Crippen LogP contribution < -0.4 is 10.6 Å². The molecule has 2 aromatic rings. The van der Waals surface area contributed by atoms with Crippen LogP contribution in [0.4, 0.5) is 11.4 Å². The second-order valence-electron chi connectivity index (χ2n) is 6.36. The Kier molecular flexibility index (Phi) is 3.77. The van der Waals surface area contributed by atoms with Crippen LogP contribution in [0.1, 0.15) is 13.8 Å². The van der Waals surface area contributed by atoms with E-state index in [9.17, 15) is 19.7 Å². The molecular formula is C18H12N2O6S. The largest absolute Gasteiger partial charge is 0.419 e. The molecule has 0 spiro atoms. The molecule has 0 saturated carbocycles. The van der Waals surface area contributed by atoms with Crippen LogP contribution in [0.25, 0.3) is 5.57 Å². The van der Waals surface area contributed by atoms with Gasteiger partial charge in [0.1, 0.15) is 0 Å². The number of nitro groups is 1. The van der Waals surface area contributed by atoms with Crippen molar-refractivity contribution in [2.24, 2.45) is 4.99 Å². The number of nitrogens with zero attached hydrogens (tertiary/aromatic N) is 2. The van der Waals surface area contributed by atoms with Gasteiger partial charge >= 0.3 is 11.9 Å². The summed E-state index contributed by atoms with van der Waals surface area (Å²) < 4.78 is 10.3. The smallest absolute Gasteiger partial charge is 0.349 e. The Hall–Kier alpha value is -3.20. The molecule has 136 valence electrons. The summed E-state index contributed by atoms with van der Waals surface area (Å²) in [7, 11) is 0. The number of hydrogen-bond acceptors (Lipinski definition) is 8. The van der Waals surface area contributed by atoms with E-state index >= 15 is 0 Å². The molecule has 2 aromatic carbocycles. The SMILES string of the molecule is CC1(C)OC(=O)C(=c2ccc3c(c2)Sc2cc([N+](=O)[O-])ccc2N=3)C(=O)O1. The normalized spacial score (nSPS) is 17.2. The molecule has 9 heteroatoms. The zero-order chi connectivity index (χ0) is 19.3. The number of fused-ring (bicyclic) bond motifs is 2. The highest BCUT2D eigenvalue weighted by atomic mass is 32.2. The van der Waals surface area contributed by atoms with Crippen LogP contribution in [0.2, 0.25) is 0 Å². The van der Waals surface area contributed by atoms with Crippen molar-refractivity contribution in [1.29, 1.82) is 0 Å². The summed E-state index contributed by atoms with van der Waals surface area (Å²) in [4.78, 5) is 40.7. The number of esters is 2. The Labute approximate surface area is 156 Å². The summed E-state index contributed by atoms with van der Waals surface area (Å²) in [5.74, 6) is -2.83. The summed E-state index contributed by atoms with van der Waals surface area (Å²) in [6, 6.07) is 9.32. The number of cyclic esters (lactones) is 2. The minimum atomic E-state index is -1.31. The first kappa shape index (κ1) is 17.2. The predicted octanol–water partition coefficient (Wildman–Crippen LogP) is 2.00. The molecule has 8 nitrogen and oxygen atoms in total. The van der Waals surface area contributed by atoms with Gasteiger partial charge in [0, 0.05) is 35.8 Å². The van der Waals surface area contributed by atoms with E-state index in [2.05, 4.69) is 4.99 Å². The fraction of sp³-hybridized carbons (Fsp3) is 0.167. The molecule has 0 aliphatic carbocycles. The molecule has 0 amide bonds. The summed E-state index contributed by atoms with van der Waals surface area (Å²) in [5, 5.41) is 12.0. The van der Waals surface area contributed by atoms with E-state index in [0.29, 0.717) is 26.1 Å². The Balaban J connectivity index is 1.83. The molecule has 1 fully saturated rings. The molecule has 0 aromatic heterocycles. The van der Waals surface area contributed by atoms with Crippen LogP contribution in [0, 0.1) is 10.1 Å². The van der Waals surface area contributed by atoms with Crippen LogP contribution in [0.5, 0.6) is 0 Å². The third kappa shape index (κ3) is 3.06. The van der Waals surface area contributed by atoms with Crippen molar-refractivity contribution in [3.05, 3.63) is 57.1 Å². The third-order valence-corrected chi connectivity index (χ3v) is 5.04. The van der Waals surface area contributed by atoms with E-state index in [1.54, 1.807) is 24.3 Å². The third-order valence-electron chi connectivity index (χ3n) is 3.95. The number of non-ortho nitro benzene ring substituents is 1. The van der Waals surface area contributed by atoms with Crippen molar-refractivity contribution in [2.45, 2.75) is 29.4 Å². The van der Waals surface area contributed by atoms with Gasteiger partial charge < -0.3 is 9.47 Å². The van der Waals surface area contributed by atoms with Gasteiger partial charge in [-0.25, -0.2) is 14.6 Å². The predicted molar refractivity (Wildman–Crippen MR) is 93.8 cm³/mol. The van der Waals surface area contributed by atoms with Gasteiger partial charge in [-0.05, 0) is 23.4 Å². The van der Waals surface area contributed by atoms with E-state index in [1.165, 1.54) is 37.7 Å². The molecule has 0 N–H and O–H groups in total. The van der Waals surface area contributed by atoms with Gasteiger partial charge in [0.05, 0.1) is 16.0 Å². The molecule has 1 saturated heterocycles. The summed E-state index contributed by atoms with van der Waals surface area (Å²) in [6.45, 7) is 2.95. The zero-order valence-electron chi connectivity index (χ0n) is 14.2. The molecule has 4 rings (SSSR count). The lowest BCUT2D eigenvalue weighted by Crippen LogP contribution is -2.43. The monoisotopic (exact) mass is 384 g/mol. The van der Waals surface area contributed by atoms with Gasteiger partial charge in [0.15, 0.2) is 5.57 Å². The molecule has 0 radical (unpaired) electrons. The fourth-order valence-electron chi connectivity index (χ4n) is 2.77. The van der Waals surface area contributed by atoms with Crippen molar-refractivity contribution in [2.75, 3.05) is 0 Å². The second-order valence-corrected chi connectivity index (χ2v) is 7.44. The van der Waals surface area contributed by atoms with Crippen LogP contribution in [-0.4, -0.2) is 22.6 Å². The molecule has 0 bridgehead atoms. The quantitative estimate of drug-likeness (QED) is 0.359. The van der Waals surface area contributed by atoms with Crippen LogP contribution >= 0.6 is 11.8 Å². The first-order valence-corrected chi connectivity index (χ1v) is 8.71. The average Bonchev–Trinajstić information content (AvgIpc) is 2.57. The summed E-state index contributed by atoms with van der Waals surface area (Å²) >= 11 is 1.28. The summed E-state index contributed by atoms with van der Waals surface area (Å²) in [6.07, 6.45) is 0. The first-order chi connectivity index (χ1) is 12.7. The van der Waals surface area contributed by atoms with Crippen molar-refractivity contribution in [3.8, 4) is 0 Å². The number of ether oxygens (including phenoxy) is 2. The number of hydrogen-bond donors (Lipinski definition) is 0. The Morgan fingerprint density at radius 2 is 1.74 bits per heavy atom. The lowest BCUT2D eigenvalue weighted by Gasteiger charge is -2.29. The minimum absolute atomic E-state index is 0.0351. The maximum Gasteiger partial charge on any atom is 0.349 e. The van der Waals surface area contributed by atoms with Gasteiger partial charge in [0.25, 0.3) is 11.5 Å². The van der Waals surface area contributed by atoms with Gasteiger partial charge in [-0.1, -0.05) is 17.8 Å². The van der Waals surface area contributed by atoms with Crippen LogP contribution in [-0.2, 0) is 19.1 Å². The number of benzene rings is 2. The lowest BCUT2D eigenvalue weighted by molar-refractivity contribution is -0.385. The maximum atomic E-state index is 12.2. The molecule has 0 atom stereocenters. The topological polar surface area (TPSA) is 108 Å². The van der Waals surface area contributed by atoms with E-state index < -0.39 is 22.6 Å². The molecule has 27 heavy (non-hydrogen) atoms. The highest BCUT2D eigenvalue weighted by Crippen LogP contribution is 2.38. The second kappa shape index (κ2) is 5.92. The maximum absolute atomic E-state index is 12.2. The van der Waals surface area contributed by atoms with Crippen molar-refractivity contribution in [1.82, 2.24) is 0 Å². The number of carbonyl (C=O) groups is 2. The Morgan fingerprint density at radius 3 is 2.41 bits per heavy atom. The van der Waals surface area contributed by atoms with Gasteiger partial charge in [-0.3, -0.25) is 10.1 Å². The Bertz CT molecular complexity index is 1130. The van der Waals surface area contributed by atoms with Crippen molar-refractivity contribution in [3.63, 3.8) is 0 Å². The van der Waals surface area contributed by atoms with E-state index in [4.69, 9.17) is 9.47 Å². The van der Waals surface area contributed by atoms with Crippen molar-refractivity contribution < 1.29 is 24.0 Å². The van der Waals surface area contributed by atoms with Crippen molar-refractivity contribution >= 4 is 40.6 Å². The summed E-state index contributed by atoms with van der Waals surface area (Å²) in [5.41, 5.74) is 0.395. The fourth-order valence-corrected chi connectivity index (χ4v) is 3.81. The number of rotatable bonds is 1. The molecular weight excluding hydrogens is 372 g/mol. The van der Waals surface area contributed by atoms with E-state index in [0.717, 1.165) is 0 Å². The number of carbonyl (C=O) groups excluding carboxylic acids is 2. The standard InChI is InChI=1S/C18H12N2O6S/c1-18(2)25-16(21)15(17(22)26-18)9-3-5-11-13(7-9)27-14-8-10(20(23)24)4-6-12(14)19-11/h3-8H,1-2H3. The average molecular weight is 384 g/mol. The van der Waals surface area contributed by atoms with Gasteiger partial charge in [-0.15, -0.1) is 0 Å². The molecule has 2 heterocycles. The van der Waals surface area contributed by atoms with Gasteiger partial charge in [-0.2, -0.15) is 0 Å². The lowest BCUT2D eigenvalue weighted by atomic mass is 10.1. The minimum Gasteiger partial charge on any atom is -0.419 e. The molecule has 2 aliphatic rings. The first-order valence-electron chi connectivity index (χ1n) is 7.90.